The first-order chi connectivity index (χ1) is 12.8. The van der Waals surface area contributed by atoms with Crippen LogP contribution in [0.1, 0.15) is 38.2 Å². The van der Waals surface area contributed by atoms with Crippen molar-refractivity contribution in [3.8, 4) is 5.75 Å². The number of nitrogens with one attached hydrogen (secondary N) is 1. The molecule has 1 aromatic rings. The zero-order chi connectivity index (χ0) is 18.5. The molecule has 5 nitrogen and oxygen atoms in total. The van der Waals surface area contributed by atoms with Crippen LogP contribution in [0, 0.1) is 0 Å². The van der Waals surface area contributed by atoms with Crippen molar-refractivity contribution in [3.05, 3.63) is 53.9 Å². The van der Waals surface area contributed by atoms with Crippen LogP contribution >= 0.6 is 0 Å². The van der Waals surface area contributed by atoms with Crippen molar-refractivity contribution in [2.45, 2.75) is 38.8 Å². The molecule has 1 aliphatic rings. The first-order valence-electron chi connectivity index (χ1n) is 9.12. The SMILES string of the molecule is CCCCCCO/C(=C/NC1C=Cc2ccccc2O1)COCC=C=O. The maximum atomic E-state index is 10.2. The number of fused-ring (bicyclic) bond motifs is 1. The highest BCUT2D eigenvalue weighted by Crippen LogP contribution is 2.24. The van der Waals surface area contributed by atoms with E-state index in [4.69, 9.17) is 14.2 Å². The highest BCUT2D eigenvalue weighted by molar-refractivity contribution is 5.59. The molecule has 0 aliphatic carbocycles. The van der Waals surface area contributed by atoms with Gasteiger partial charge < -0.3 is 19.5 Å². The van der Waals surface area contributed by atoms with E-state index in [1.165, 1.54) is 18.9 Å². The fraction of sp³-hybridized carbons (Fsp3) is 0.429. The van der Waals surface area contributed by atoms with Gasteiger partial charge in [-0.25, -0.2) is 4.79 Å². The maximum Gasteiger partial charge on any atom is 0.189 e. The van der Waals surface area contributed by atoms with Crippen LogP contribution in [0.5, 0.6) is 5.75 Å². The molecule has 0 aromatic heterocycles. The molecule has 0 saturated heterocycles. The van der Waals surface area contributed by atoms with Gasteiger partial charge in [-0.3, -0.25) is 0 Å². The Bertz CT molecular complexity index is 647. The molecule has 0 spiro atoms. The van der Waals surface area contributed by atoms with Gasteiger partial charge in [0.2, 0.25) is 0 Å². The van der Waals surface area contributed by atoms with Crippen LogP contribution in [0.25, 0.3) is 6.08 Å². The summed E-state index contributed by atoms with van der Waals surface area (Å²) < 4.78 is 17.1. The van der Waals surface area contributed by atoms with Crippen LogP contribution in [0.2, 0.25) is 0 Å². The van der Waals surface area contributed by atoms with Crippen LogP contribution in [-0.2, 0) is 14.3 Å². The summed E-state index contributed by atoms with van der Waals surface area (Å²) in [6.45, 7) is 3.32. The summed E-state index contributed by atoms with van der Waals surface area (Å²) in [7, 11) is 0. The molecule has 2 rings (SSSR count). The second-order valence-corrected chi connectivity index (χ2v) is 5.96. The fourth-order valence-electron chi connectivity index (χ4n) is 2.47. The first-order valence-corrected chi connectivity index (χ1v) is 9.12. The van der Waals surface area contributed by atoms with Gasteiger partial charge in [-0.15, -0.1) is 0 Å². The third-order valence-electron chi connectivity index (χ3n) is 3.85. The summed E-state index contributed by atoms with van der Waals surface area (Å²) >= 11 is 0. The average Bonchev–Trinajstić information content (AvgIpc) is 2.68. The number of rotatable bonds is 12. The molecule has 1 atom stereocenters. The number of hydrogen-bond donors (Lipinski definition) is 1. The fourth-order valence-corrected chi connectivity index (χ4v) is 2.47. The Labute approximate surface area is 155 Å². The summed E-state index contributed by atoms with van der Waals surface area (Å²) in [6.07, 6.45) is 11.3. The molecule has 26 heavy (non-hydrogen) atoms. The lowest BCUT2D eigenvalue weighted by molar-refractivity contribution is 0.109. The van der Waals surface area contributed by atoms with E-state index in [9.17, 15) is 4.79 Å². The molecule has 0 amide bonds. The lowest BCUT2D eigenvalue weighted by Gasteiger charge is -2.22. The van der Waals surface area contributed by atoms with E-state index in [0.717, 1.165) is 24.2 Å². The Morgan fingerprint density at radius 2 is 2.19 bits per heavy atom. The standard InChI is InChI=1S/C21H27NO4/c1-2-3-4-7-15-25-19(17-24-14-8-13-23)16-22-21-12-11-18-9-5-6-10-20(18)26-21/h5-6,8-12,16,21-22H,2-4,7,14-15,17H2,1H3/b19-16+. The van der Waals surface area contributed by atoms with Gasteiger partial charge in [-0.05, 0) is 24.6 Å². The van der Waals surface area contributed by atoms with E-state index in [2.05, 4.69) is 12.2 Å². The zero-order valence-electron chi connectivity index (χ0n) is 15.3. The van der Waals surface area contributed by atoms with E-state index in [1.807, 2.05) is 36.4 Å². The zero-order valence-corrected chi connectivity index (χ0v) is 15.3. The number of ether oxygens (including phenoxy) is 3. The van der Waals surface area contributed by atoms with Gasteiger partial charge in [-0.2, -0.15) is 0 Å². The molecular weight excluding hydrogens is 330 g/mol. The minimum Gasteiger partial charge on any atom is -0.494 e. The van der Waals surface area contributed by atoms with Crippen molar-refractivity contribution < 1.29 is 19.0 Å². The molecule has 1 N–H and O–H groups in total. The molecule has 140 valence electrons. The third kappa shape index (κ3) is 7.18. The molecule has 5 heteroatoms. The molecular formula is C21H27NO4. The smallest absolute Gasteiger partial charge is 0.189 e. The number of unbranched alkanes of at least 4 members (excludes halogenated alkanes) is 3. The van der Waals surface area contributed by atoms with Crippen molar-refractivity contribution in [1.29, 1.82) is 0 Å². The van der Waals surface area contributed by atoms with Crippen molar-refractivity contribution in [2.24, 2.45) is 0 Å². The monoisotopic (exact) mass is 357 g/mol. The number of para-hydroxylation sites is 1. The van der Waals surface area contributed by atoms with E-state index in [0.29, 0.717) is 12.4 Å². The molecule has 1 aromatic carbocycles. The molecule has 1 aliphatic heterocycles. The Kier molecular flexibility index (Phi) is 9.12. The van der Waals surface area contributed by atoms with E-state index in [1.54, 1.807) is 12.1 Å². The van der Waals surface area contributed by atoms with Gasteiger partial charge in [0.05, 0.1) is 13.2 Å². The molecule has 0 fully saturated rings. The maximum absolute atomic E-state index is 10.2. The number of benzene rings is 1. The molecule has 0 radical (unpaired) electrons. The van der Waals surface area contributed by atoms with Gasteiger partial charge in [0, 0.05) is 17.8 Å². The predicted octanol–water partition coefficient (Wildman–Crippen LogP) is 3.85. The van der Waals surface area contributed by atoms with Gasteiger partial charge in [0.25, 0.3) is 0 Å². The van der Waals surface area contributed by atoms with Crippen LogP contribution in [0.4, 0.5) is 0 Å². The normalized spacial score (nSPS) is 15.6. The topological polar surface area (TPSA) is 56.8 Å². The summed E-state index contributed by atoms with van der Waals surface area (Å²) in [4.78, 5) is 10.2. The summed E-state index contributed by atoms with van der Waals surface area (Å²) in [5, 5.41) is 3.19. The molecule has 0 bridgehead atoms. The third-order valence-corrected chi connectivity index (χ3v) is 3.85. The molecule has 0 saturated carbocycles. The number of hydrogen-bond acceptors (Lipinski definition) is 5. The van der Waals surface area contributed by atoms with Gasteiger partial charge in [0.1, 0.15) is 24.1 Å². The molecule has 1 heterocycles. The van der Waals surface area contributed by atoms with E-state index >= 15 is 0 Å². The number of carbonyl (C=O) groups excluding carboxylic acids is 1. The Balaban J connectivity index is 1.85. The first kappa shape index (κ1) is 19.8. The van der Waals surface area contributed by atoms with Crippen molar-refractivity contribution >= 4 is 12.0 Å². The largest absolute Gasteiger partial charge is 0.494 e. The van der Waals surface area contributed by atoms with Crippen molar-refractivity contribution in [2.75, 3.05) is 19.8 Å². The van der Waals surface area contributed by atoms with Crippen LogP contribution in [0.15, 0.2) is 48.4 Å². The average molecular weight is 357 g/mol. The van der Waals surface area contributed by atoms with Gasteiger partial charge >= 0.3 is 0 Å². The summed E-state index contributed by atoms with van der Waals surface area (Å²) in [5.41, 5.74) is 1.06. The van der Waals surface area contributed by atoms with Crippen LogP contribution in [0.3, 0.4) is 0 Å². The van der Waals surface area contributed by atoms with E-state index < -0.39 is 0 Å². The summed E-state index contributed by atoms with van der Waals surface area (Å²) in [6, 6.07) is 7.88. The summed E-state index contributed by atoms with van der Waals surface area (Å²) in [5.74, 6) is 3.22. The van der Waals surface area contributed by atoms with Crippen LogP contribution < -0.4 is 10.1 Å². The van der Waals surface area contributed by atoms with Crippen molar-refractivity contribution in [1.82, 2.24) is 5.32 Å². The Morgan fingerprint density at radius 3 is 3.04 bits per heavy atom. The second kappa shape index (κ2) is 12.0. The Morgan fingerprint density at radius 1 is 1.31 bits per heavy atom. The minimum absolute atomic E-state index is 0.216. The lowest BCUT2D eigenvalue weighted by Crippen LogP contribution is -2.30. The second-order valence-electron chi connectivity index (χ2n) is 5.96. The highest BCUT2D eigenvalue weighted by atomic mass is 16.5. The quantitative estimate of drug-likeness (QED) is 0.350. The predicted molar refractivity (Wildman–Crippen MR) is 102 cm³/mol. The minimum atomic E-state index is -0.265. The van der Waals surface area contributed by atoms with Crippen LogP contribution in [-0.4, -0.2) is 32.0 Å². The van der Waals surface area contributed by atoms with Crippen molar-refractivity contribution in [3.63, 3.8) is 0 Å². The Hall–Kier alpha value is -2.49. The van der Waals surface area contributed by atoms with E-state index in [-0.39, 0.29) is 19.4 Å². The van der Waals surface area contributed by atoms with Gasteiger partial charge in [-0.1, -0.05) is 44.4 Å². The lowest BCUT2D eigenvalue weighted by atomic mass is 10.1. The van der Waals surface area contributed by atoms with Gasteiger partial charge in [0.15, 0.2) is 6.23 Å². The highest BCUT2D eigenvalue weighted by Gasteiger charge is 2.12. The molecule has 1 unspecified atom stereocenters.